The van der Waals surface area contributed by atoms with Crippen LogP contribution in [0, 0.1) is 11.3 Å². The standard InChI is InChI=1S/C17H21ClN2O4/c1-10(2)17(16(23)24)6-7-20(9-17)15(22)13-8-12(19-11(3)21)4-5-14(13)18/h4-5,8,10H,6-7,9H2,1-3H3,(H,19,21)(H,23,24). The van der Waals surface area contributed by atoms with E-state index < -0.39 is 11.4 Å². The van der Waals surface area contributed by atoms with Gasteiger partial charge in [0, 0.05) is 25.7 Å². The maximum atomic E-state index is 12.8. The number of anilines is 1. The molecule has 1 aromatic rings. The number of carbonyl (C=O) groups is 3. The third-order valence-corrected chi connectivity index (χ3v) is 4.97. The molecule has 0 bridgehead atoms. The summed E-state index contributed by atoms with van der Waals surface area (Å²) in [6.07, 6.45) is 0.411. The Balaban J connectivity index is 2.27. The van der Waals surface area contributed by atoms with Crippen LogP contribution in [0.3, 0.4) is 0 Å². The van der Waals surface area contributed by atoms with Crippen molar-refractivity contribution < 1.29 is 19.5 Å². The van der Waals surface area contributed by atoms with Gasteiger partial charge in [0.2, 0.25) is 5.91 Å². The third kappa shape index (κ3) is 3.38. The molecule has 1 atom stereocenters. The van der Waals surface area contributed by atoms with E-state index in [1.54, 1.807) is 12.1 Å². The van der Waals surface area contributed by atoms with Crippen LogP contribution in [-0.2, 0) is 9.59 Å². The number of likely N-dealkylation sites (tertiary alicyclic amines) is 1. The van der Waals surface area contributed by atoms with Gasteiger partial charge in [0.05, 0.1) is 16.0 Å². The van der Waals surface area contributed by atoms with Crippen molar-refractivity contribution in [1.29, 1.82) is 0 Å². The van der Waals surface area contributed by atoms with Crippen LogP contribution >= 0.6 is 11.6 Å². The number of halogens is 1. The molecule has 0 spiro atoms. The molecule has 1 aliphatic rings. The second-order valence-electron chi connectivity index (χ2n) is 6.47. The third-order valence-electron chi connectivity index (χ3n) is 4.64. The monoisotopic (exact) mass is 352 g/mol. The molecule has 1 heterocycles. The van der Waals surface area contributed by atoms with Gasteiger partial charge in [-0.1, -0.05) is 25.4 Å². The molecule has 2 N–H and O–H groups in total. The van der Waals surface area contributed by atoms with Crippen LogP contribution in [0.1, 0.15) is 37.6 Å². The molecule has 1 saturated heterocycles. The van der Waals surface area contributed by atoms with Crippen LogP contribution in [0.5, 0.6) is 0 Å². The van der Waals surface area contributed by atoms with Gasteiger partial charge in [-0.05, 0) is 30.5 Å². The lowest BCUT2D eigenvalue weighted by molar-refractivity contribution is -0.150. The van der Waals surface area contributed by atoms with Crippen molar-refractivity contribution in [3.8, 4) is 0 Å². The van der Waals surface area contributed by atoms with Gasteiger partial charge < -0.3 is 15.3 Å². The van der Waals surface area contributed by atoms with Crippen molar-refractivity contribution in [1.82, 2.24) is 4.90 Å². The maximum Gasteiger partial charge on any atom is 0.311 e. The van der Waals surface area contributed by atoms with Crippen molar-refractivity contribution in [2.24, 2.45) is 11.3 Å². The molecule has 0 radical (unpaired) electrons. The second-order valence-corrected chi connectivity index (χ2v) is 6.88. The van der Waals surface area contributed by atoms with Crippen LogP contribution in [0.2, 0.25) is 5.02 Å². The Hall–Kier alpha value is -2.08. The van der Waals surface area contributed by atoms with Gasteiger partial charge in [-0.15, -0.1) is 0 Å². The molecule has 1 aliphatic heterocycles. The molecule has 7 heteroatoms. The zero-order valence-corrected chi connectivity index (χ0v) is 14.7. The van der Waals surface area contributed by atoms with Gasteiger partial charge >= 0.3 is 5.97 Å². The molecule has 1 unspecified atom stereocenters. The summed E-state index contributed by atoms with van der Waals surface area (Å²) in [5.41, 5.74) is -0.201. The minimum atomic E-state index is -0.933. The van der Waals surface area contributed by atoms with E-state index in [-0.39, 0.29) is 34.9 Å². The number of carbonyl (C=O) groups excluding carboxylic acids is 2. The van der Waals surface area contributed by atoms with Crippen molar-refractivity contribution in [2.75, 3.05) is 18.4 Å². The van der Waals surface area contributed by atoms with E-state index in [0.717, 1.165) is 0 Å². The first-order valence-corrected chi connectivity index (χ1v) is 8.15. The van der Waals surface area contributed by atoms with Crippen LogP contribution < -0.4 is 5.32 Å². The van der Waals surface area contributed by atoms with E-state index in [0.29, 0.717) is 18.7 Å². The van der Waals surface area contributed by atoms with Gasteiger partial charge in [-0.25, -0.2) is 0 Å². The first-order chi connectivity index (χ1) is 11.2. The van der Waals surface area contributed by atoms with Crippen molar-refractivity contribution in [3.63, 3.8) is 0 Å². The number of benzene rings is 1. The molecular weight excluding hydrogens is 332 g/mol. The first-order valence-electron chi connectivity index (χ1n) is 7.77. The van der Waals surface area contributed by atoms with Gasteiger partial charge in [0.15, 0.2) is 0 Å². The summed E-state index contributed by atoms with van der Waals surface area (Å²) in [5, 5.41) is 12.5. The fourth-order valence-electron chi connectivity index (χ4n) is 3.04. The van der Waals surface area contributed by atoms with E-state index in [4.69, 9.17) is 11.6 Å². The highest BCUT2D eigenvalue weighted by molar-refractivity contribution is 6.34. The van der Waals surface area contributed by atoms with Gasteiger partial charge in [-0.2, -0.15) is 0 Å². The molecule has 0 saturated carbocycles. The molecule has 2 rings (SSSR count). The predicted molar refractivity (Wildman–Crippen MR) is 91.2 cm³/mol. The van der Waals surface area contributed by atoms with E-state index >= 15 is 0 Å². The molecule has 2 amide bonds. The highest BCUT2D eigenvalue weighted by Gasteiger charge is 2.48. The Labute approximate surface area is 145 Å². The number of aliphatic carboxylic acids is 1. The number of amides is 2. The van der Waals surface area contributed by atoms with E-state index in [2.05, 4.69) is 5.32 Å². The molecular formula is C17H21ClN2O4. The van der Waals surface area contributed by atoms with Crippen LogP contribution in [0.4, 0.5) is 5.69 Å². The first kappa shape index (κ1) is 18.3. The fourth-order valence-corrected chi connectivity index (χ4v) is 3.24. The summed E-state index contributed by atoms with van der Waals surface area (Å²) < 4.78 is 0. The van der Waals surface area contributed by atoms with Crippen molar-refractivity contribution in [3.05, 3.63) is 28.8 Å². The Kier molecular flexibility index (Phi) is 5.18. The topological polar surface area (TPSA) is 86.7 Å². The van der Waals surface area contributed by atoms with Gasteiger partial charge in [0.25, 0.3) is 5.91 Å². The number of rotatable bonds is 4. The molecule has 0 aliphatic carbocycles. The number of hydrogen-bond donors (Lipinski definition) is 2. The Morgan fingerprint density at radius 2 is 2.00 bits per heavy atom. The van der Waals surface area contributed by atoms with Crippen LogP contribution in [-0.4, -0.2) is 40.9 Å². The SMILES string of the molecule is CC(=O)Nc1ccc(Cl)c(C(=O)N2CCC(C(=O)O)(C(C)C)C2)c1. The largest absolute Gasteiger partial charge is 0.481 e. The summed E-state index contributed by atoms with van der Waals surface area (Å²) in [6.45, 7) is 5.60. The minimum Gasteiger partial charge on any atom is -0.481 e. The van der Waals surface area contributed by atoms with Crippen molar-refractivity contribution in [2.45, 2.75) is 27.2 Å². The summed E-state index contributed by atoms with van der Waals surface area (Å²) >= 11 is 6.13. The van der Waals surface area contributed by atoms with Gasteiger partial charge in [0.1, 0.15) is 0 Å². The van der Waals surface area contributed by atoms with Gasteiger partial charge in [-0.3, -0.25) is 14.4 Å². The minimum absolute atomic E-state index is 0.0889. The quantitative estimate of drug-likeness (QED) is 0.872. The molecule has 130 valence electrons. The zero-order chi connectivity index (χ0) is 18.1. The normalized spacial score (nSPS) is 20.3. The Morgan fingerprint density at radius 1 is 1.33 bits per heavy atom. The highest BCUT2D eigenvalue weighted by Crippen LogP contribution is 2.39. The Morgan fingerprint density at radius 3 is 2.50 bits per heavy atom. The summed E-state index contributed by atoms with van der Waals surface area (Å²) in [6, 6.07) is 4.67. The van der Waals surface area contributed by atoms with Crippen LogP contribution in [0.15, 0.2) is 18.2 Å². The lowest BCUT2D eigenvalue weighted by Gasteiger charge is -2.28. The van der Waals surface area contributed by atoms with E-state index in [9.17, 15) is 19.5 Å². The number of nitrogens with one attached hydrogen (secondary N) is 1. The van der Waals surface area contributed by atoms with E-state index in [1.807, 2.05) is 13.8 Å². The average molecular weight is 353 g/mol. The maximum absolute atomic E-state index is 12.8. The highest BCUT2D eigenvalue weighted by atomic mass is 35.5. The number of carboxylic acid groups (broad SMARTS) is 1. The zero-order valence-electron chi connectivity index (χ0n) is 13.9. The van der Waals surface area contributed by atoms with Crippen molar-refractivity contribution >= 4 is 35.1 Å². The fraction of sp³-hybridized carbons (Fsp3) is 0.471. The Bertz CT molecular complexity index is 689. The van der Waals surface area contributed by atoms with E-state index in [1.165, 1.54) is 17.9 Å². The molecule has 24 heavy (non-hydrogen) atoms. The summed E-state index contributed by atoms with van der Waals surface area (Å²) in [5.74, 6) is -1.54. The molecule has 0 aromatic heterocycles. The van der Waals surface area contributed by atoms with Crippen LogP contribution in [0.25, 0.3) is 0 Å². The smallest absolute Gasteiger partial charge is 0.311 e. The molecule has 1 aromatic carbocycles. The molecule has 1 fully saturated rings. The second kappa shape index (κ2) is 6.81. The average Bonchev–Trinajstić information content (AvgIpc) is 2.94. The number of carboxylic acids is 1. The number of hydrogen-bond acceptors (Lipinski definition) is 3. The lowest BCUT2D eigenvalue weighted by atomic mass is 9.76. The predicted octanol–water partition coefficient (Wildman–Crippen LogP) is 2.87. The summed E-state index contributed by atoms with van der Waals surface area (Å²) in [7, 11) is 0. The molecule has 6 nitrogen and oxygen atoms in total. The lowest BCUT2D eigenvalue weighted by Crippen LogP contribution is -2.40. The number of nitrogens with zero attached hydrogens (tertiary/aromatic N) is 1. The summed E-state index contributed by atoms with van der Waals surface area (Å²) in [4.78, 5) is 37.2.